The summed E-state index contributed by atoms with van der Waals surface area (Å²) in [5.41, 5.74) is 5.34. The van der Waals surface area contributed by atoms with E-state index in [9.17, 15) is 18.0 Å². The van der Waals surface area contributed by atoms with Crippen molar-refractivity contribution in [2.45, 2.75) is 19.9 Å². The van der Waals surface area contributed by atoms with Crippen LogP contribution in [0.15, 0.2) is 29.3 Å². The summed E-state index contributed by atoms with van der Waals surface area (Å²) in [7, 11) is -2.23. The molecule has 0 saturated heterocycles. The number of nitrogens with two attached hydrogens (primary N) is 2. The number of carbonyl (C=O) groups is 1. The summed E-state index contributed by atoms with van der Waals surface area (Å²) < 4.78 is 34.5. The Bertz CT molecular complexity index is 1340. The number of rotatable bonds is 9. The number of methoxy groups -OCH3 is 1. The van der Waals surface area contributed by atoms with Crippen molar-refractivity contribution in [3.63, 3.8) is 0 Å². The van der Waals surface area contributed by atoms with Crippen molar-refractivity contribution in [1.82, 2.24) is 19.5 Å². The van der Waals surface area contributed by atoms with E-state index in [2.05, 4.69) is 20.3 Å². The van der Waals surface area contributed by atoms with Gasteiger partial charge in [0.05, 0.1) is 30.4 Å². The maximum Gasteiger partial charge on any atom is 0.262 e. The second kappa shape index (κ2) is 9.79. The minimum Gasteiger partial charge on any atom is -0.491 e. The lowest BCUT2D eigenvalue weighted by Gasteiger charge is -2.16. The number of fused-ring (bicyclic) bond motifs is 1. The molecule has 0 aliphatic carbocycles. The number of sulfonamides is 1. The number of hydrogen-bond acceptors (Lipinski definition) is 10. The highest BCUT2D eigenvalue weighted by atomic mass is 32.2. The summed E-state index contributed by atoms with van der Waals surface area (Å²) in [5.74, 6) is -0.408. The van der Waals surface area contributed by atoms with E-state index in [1.807, 2.05) is 0 Å². The van der Waals surface area contributed by atoms with Gasteiger partial charge in [-0.2, -0.15) is 0 Å². The van der Waals surface area contributed by atoms with Crippen LogP contribution in [0.2, 0.25) is 0 Å². The van der Waals surface area contributed by atoms with Crippen LogP contribution in [0.25, 0.3) is 10.9 Å². The molecular formula is C19H23N7O6S. The molecule has 1 amide bonds. The largest absolute Gasteiger partial charge is 0.491 e. The molecular weight excluding hydrogens is 454 g/mol. The first-order valence-corrected chi connectivity index (χ1v) is 11.5. The number of benzene rings is 1. The number of ether oxygens (including phenoxy) is 2. The summed E-state index contributed by atoms with van der Waals surface area (Å²) in [6.07, 6.45) is 2.66. The van der Waals surface area contributed by atoms with Crippen LogP contribution in [0.4, 0.5) is 11.9 Å². The number of carbonyl (C=O) groups excluding carboxylic acids is 1. The molecule has 0 saturated carbocycles. The lowest BCUT2D eigenvalue weighted by molar-refractivity contribution is 0.102. The highest BCUT2D eigenvalue weighted by Gasteiger charge is 2.19. The molecule has 0 spiro atoms. The second-order valence-corrected chi connectivity index (χ2v) is 8.56. The van der Waals surface area contributed by atoms with Crippen molar-refractivity contribution in [3.8, 4) is 11.5 Å². The fourth-order valence-corrected chi connectivity index (χ4v) is 3.54. The molecule has 2 heterocycles. The average Bonchev–Trinajstić information content (AvgIpc) is 2.76. The van der Waals surface area contributed by atoms with Crippen LogP contribution in [0.3, 0.4) is 0 Å². The summed E-state index contributed by atoms with van der Waals surface area (Å²) in [6, 6.07) is 3.05. The van der Waals surface area contributed by atoms with Gasteiger partial charge in [0.2, 0.25) is 21.9 Å². The third kappa shape index (κ3) is 5.53. The summed E-state index contributed by atoms with van der Waals surface area (Å²) >= 11 is 0. The second-order valence-electron chi connectivity index (χ2n) is 6.83. The minimum absolute atomic E-state index is 0.0125. The molecule has 0 aliphatic rings. The maximum absolute atomic E-state index is 13.0. The smallest absolute Gasteiger partial charge is 0.262 e. The van der Waals surface area contributed by atoms with E-state index in [0.29, 0.717) is 0 Å². The predicted octanol–water partition coefficient (Wildman–Crippen LogP) is 0.107. The first kappa shape index (κ1) is 23.9. The topological polar surface area (TPSA) is 194 Å². The Morgan fingerprint density at radius 1 is 1.24 bits per heavy atom. The summed E-state index contributed by atoms with van der Waals surface area (Å²) in [6.45, 7) is 2.02. The van der Waals surface area contributed by atoms with E-state index in [1.54, 1.807) is 6.92 Å². The van der Waals surface area contributed by atoms with Crippen molar-refractivity contribution in [2.75, 3.05) is 30.5 Å². The Labute approximate surface area is 188 Å². The third-order valence-corrected chi connectivity index (χ3v) is 5.41. The average molecular weight is 478 g/mol. The zero-order valence-electron chi connectivity index (χ0n) is 17.9. The van der Waals surface area contributed by atoms with Gasteiger partial charge in [-0.05, 0) is 25.5 Å². The molecule has 1 aromatic carbocycles. The molecule has 33 heavy (non-hydrogen) atoms. The number of anilines is 2. The number of aromatic nitrogens is 4. The van der Waals surface area contributed by atoms with Gasteiger partial charge in [-0.1, -0.05) is 0 Å². The van der Waals surface area contributed by atoms with E-state index >= 15 is 0 Å². The molecule has 0 bridgehead atoms. The van der Waals surface area contributed by atoms with Crippen LogP contribution in [-0.4, -0.2) is 53.3 Å². The van der Waals surface area contributed by atoms with Crippen molar-refractivity contribution in [3.05, 3.63) is 40.4 Å². The molecule has 3 rings (SSSR count). The van der Waals surface area contributed by atoms with Gasteiger partial charge in [-0.15, -0.1) is 0 Å². The van der Waals surface area contributed by atoms with Gasteiger partial charge in [0.25, 0.3) is 11.5 Å². The SMILES string of the molecule is CCn1c(NC(=O)c2cnc(N)nc2)nc2c(OC)c(OCCCS(N)(=O)=O)ccc2c1=O. The molecule has 3 aromatic rings. The molecule has 0 aliphatic heterocycles. The normalized spacial score (nSPS) is 11.4. The molecule has 0 unspecified atom stereocenters. The van der Waals surface area contributed by atoms with Gasteiger partial charge in [-0.25, -0.2) is 28.5 Å². The predicted molar refractivity (Wildman–Crippen MR) is 121 cm³/mol. The van der Waals surface area contributed by atoms with Crippen molar-refractivity contribution in [1.29, 1.82) is 0 Å². The standard InChI is InChI=1S/C19H23N7O6S/c1-3-26-17(28)12-5-6-13(32-7-4-8-33(21,29)30)15(31-2)14(12)24-19(26)25-16(27)11-9-22-18(20)23-10-11/h5-6,9-10H,3-4,7-8H2,1-2H3,(H2,20,22,23)(H2,21,29,30)(H,24,25,27). The van der Waals surface area contributed by atoms with E-state index in [4.69, 9.17) is 20.3 Å². The van der Waals surface area contributed by atoms with E-state index in [-0.39, 0.29) is 65.2 Å². The number of amides is 1. The number of nitrogens with one attached hydrogen (secondary N) is 1. The molecule has 5 N–H and O–H groups in total. The van der Waals surface area contributed by atoms with Crippen molar-refractivity contribution >= 4 is 38.7 Å². The van der Waals surface area contributed by atoms with Crippen LogP contribution in [0.5, 0.6) is 11.5 Å². The highest BCUT2D eigenvalue weighted by molar-refractivity contribution is 7.89. The van der Waals surface area contributed by atoms with Gasteiger partial charge in [-0.3, -0.25) is 19.5 Å². The van der Waals surface area contributed by atoms with Crippen LogP contribution in [-0.2, 0) is 16.6 Å². The van der Waals surface area contributed by atoms with Gasteiger partial charge in [0.15, 0.2) is 11.5 Å². The lowest BCUT2D eigenvalue weighted by Crippen LogP contribution is -2.27. The number of nitrogen functional groups attached to an aromatic ring is 1. The zero-order valence-corrected chi connectivity index (χ0v) is 18.8. The Kier molecular flexibility index (Phi) is 7.08. The van der Waals surface area contributed by atoms with Crippen LogP contribution in [0.1, 0.15) is 23.7 Å². The quantitative estimate of drug-likeness (QED) is 0.356. The maximum atomic E-state index is 13.0. The Morgan fingerprint density at radius 3 is 2.55 bits per heavy atom. The van der Waals surface area contributed by atoms with Crippen LogP contribution in [0, 0.1) is 0 Å². The van der Waals surface area contributed by atoms with Crippen LogP contribution < -0.4 is 31.2 Å². The van der Waals surface area contributed by atoms with Crippen LogP contribution >= 0.6 is 0 Å². The van der Waals surface area contributed by atoms with Gasteiger partial charge in [0.1, 0.15) is 5.52 Å². The fourth-order valence-electron chi connectivity index (χ4n) is 3.02. The molecule has 0 atom stereocenters. The molecule has 0 radical (unpaired) electrons. The zero-order chi connectivity index (χ0) is 24.2. The fraction of sp³-hybridized carbons (Fsp3) is 0.316. The molecule has 14 heteroatoms. The first-order chi connectivity index (χ1) is 15.6. The number of primary sulfonamides is 1. The van der Waals surface area contributed by atoms with Gasteiger partial charge < -0.3 is 15.2 Å². The Hall–Kier alpha value is -3.78. The van der Waals surface area contributed by atoms with Crippen molar-refractivity contribution < 1.29 is 22.7 Å². The monoisotopic (exact) mass is 477 g/mol. The summed E-state index contributed by atoms with van der Waals surface area (Å²) in [4.78, 5) is 37.6. The minimum atomic E-state index is -3.61. The molecule has 2 aromatic heterocycles. The van der Waals surface area contributed by atoms with E-state index in [1.165, 1.54) is 36.2 Å². The molecule has 0 fully saturated rings. The van der Waals surface area contributed by atoms with E-state index in [0.717, 1.165) is 0 Å². The first-order valence-electron chi connectivity index (χ1n) is 9.78. The summed E-state index contributed by atoms with van der Waals surface area (Å²) in [5, 5.41) is 7.83. The highest BCUT2D eigenvalue weighted by Crippen LogP contribution is 2.34. The number of hydrogen-bond donors (Lipinski definition) is 3. The van der Waals surface area contributed by atoms with Gasteiger partial charge >= 0.3 is 0 Å². The molecule has 13 nitrogen and oxygen atoms in total. The number of nitrogens with zero attached hydrogens (tertiary/aromatic N) is 4. The van der Waals surface area contributed by atoms with E-state index < -0.39 is 21.5 Å². The third-order valence-electron chi connectivity index (χ3n) is 4.55. The van der Waals surface area contributed by atoms with Crippen molar-refractivity contribution in [2.24, 2.45) is 5.14 Å². The Morgan fingerprint density at radius 2 is 1.94 bits per heavy atom. The van der Waals surface area contributed by atoms with Gasteiger partial charge in [0, 0.05) is 18.9 Å². The Balaban J connectivity index is 1.99. The molecule has 176 valence electrons. The lowest BCUT2D eigenvalue weighted by atomic mass is 10.2.